The fourth-order valence-electron chi connectivity index (χ4n) is 4.62. The number of halogens is 4. The van der Waals surface area contributed by atoms with Crippen LogP contribution in [0.15, 0.2) is 54.7 Å². The molecule has 0 unspecified atom stereocenters. The molecule has 45 heavy (non-hydrogen) atoms. The summed E-state index contributed by atoms with van der Waals surface area (Å²) in [5.74, 6) is -2.52. The molecule has 5 rings (SSSR count). The standard InChI is InChI=1S/C31H25Cl2F2N5O5/c1-36-30(41)25-13-21(33)18(14-37-25)15-45-28-5-3-4-24(38-28)19-12-20(32)16(8-22(19)34)11-27-39-29-23(35)9-17(31(42)43)10-26(29)40(27)6-7-44-2/h3-5,8-10,12-14H,6-7,11,15H2,1-2H3,(H,36,41)(H,42,43). The van der Waals surface area contributed by atoms with E-state index in [-0.39, 0.29) is 81.6 Å². The van der Waals surface area contributed by atoms with Crippen LogP contribution < -0.4 is 10.1 Å². The lowest BCUT2D eigenvalue weighted by molar-refractivity contribution is 0.0696. The van der Waals surface area contributed by atoms with Crippen LogP contribution in [-0.4, -0.2) is 57.3 Å². The van der Waals surface area contributed by atoms with E-state index in [0.717, 1.165) is 6.07 Å². The first-order valence-electron chi connectivity index (χ1n) is 13.4. The molecule has 0 fully saturated rings. The third-order valence-corrected chi connectivity index (χ3v) is 7.61. The third kappa shape index (κ3) is 6.88. The third-order valence-electron chi connectivity index (χ3n) is 6.90. The summed E-state index contributed by atoms with van der Waals surface area (Å²) in [4.78, 5) is 36.2. The molecule has 0 radical (unpaired) electrons. The number of hydrogen-bond donors (Lipinski definition) is 2. The molecule has 0 aliphatic heterocycles. The van der Waals surface area contributed by atoms with E-state index in [4.69, 9.17) is 32.7 Å². The van der Waals surface area contributed by atoms with Gasteiger partial charge in [0.05, 0.1) is 28.4 Å². The average molecular weight is 656 g/mol. The zero-order valence-corrected chi connectivity index (χ0v) is 25.4. The Morgan fingerprint density at radius 1 is 1.02 bits per heavy atom. The zero-order valence-electron chi connectivity index (χ0n) is 23.9. The summed E-state index contributed by atoms with van der Waals surface area (Å²) in [6.45, 7) is 0.489. The molecule has 14 heteroatoms. The first kappa shape index (κ1) is 31.8. The number of imidazole rings is 1. The summed E-state index contributed by atoms with van der Waals surface area (Å²) in [5, 5.41) is 12.4. The van der Waals surface area contributed by atoms with Gasteiger partial charge < -0.3 is 24.5 Å². The molecule has 0 saturated heterocycles. The Bertz CT molecular complexity index is 1940. The minimum absolute atomic E-state index is 0.00287. The summed E-state index contributed by atoms with van der Waals surface area (Å²) in [5.41, 5.74) is 1.46. The van der Waals surface area contributed by atoms with Crippen molar-refractivity contribution < 1.29 is 33.0 Å². The van der Waals surface area contributed by atoms with Crippen molar-refractivity contribution in [2.24, 2.45) is 0 Å². The van der Waals surface area contributed by atoms with Crippen molar-refractivity contribution in [3.63, 3.8) is 0 Å². The van der Waals surface area contributed by atoms with Crippen LogP contribution in [0.2, 0.25) is 10.0 Å². The number of aromatic carboxylic acids is 1. The van der Waals surface area contributed by atoms with Gasteiger partial charge in [-0.15, -0.1) is 0 Å². The molecule has 2 N–H and O–H groups in total. The maximum Gasteiger partial charge on any atom is 0.335 e. The quantitative estimate of drug-likeness (QED) is 0.179. The van der Waals surface area contributed by atoms with Crippen LogP contribution in [-0.2, 0) is 24.3 Å². The highest BCUT2D eigenvalue weighted by Crippen LogP contribution is 2.31. The first-order valence-corrected chi connectivity index (χ1v) is 14.2. The van der Waals surface area contributed by atoms with Crippen molar-refractivity contribution in [3.8, 4) is 17.1 Å². The summed E-state index contributed by atoms with van der Waals surface area (Å²) >= 11 is 12.9. The lowest BCUT2D eigenvalue weighted by Gasteiger charge is -2.12. The Balaban J connectivity index is 1.40. The highest BCUT2D eigenvalue weighted by atomic mass is 35.5. The van der Waals surface area contributed by atoms with Crippen molar-refractivity contribution in [1.29, 1.82) is 0 Å². The number of amides is 1. The van der Waals surface area contributed by atoms with Crippen LogP contribution in [0, 0.1) is 11.6 Å². The molecule has 0 spiro atoms. The number of hydrogen-bond acceptors (Lipinski definition) is 7. The lowest BCUT2D eigenvalue weighted by atomic mass is 10.0. The second-order valence-corrected chi connectivity index (χ2v) is 10.6. The van der Waals surface area contributed by atoms with E-state index in [0.29, 0.717) is 17.0 Å². The number of methoxy groups -OCH3 is 1. The summed E-state index contributed by atoms with van der Waals surface area (Å²) in [6, 6.07) is 11.2. The van der Waals surface area contributed by atoms with Crippen LogP contribution in [0.4, 0.5) is 8.78 Å². The van der Waals surface area contributed by atoms with Crippen molar-refractivity contribution in [3.05, 3.63) is 105 Å². The Kier molecular flexibility index (Phi) is 9.57. The Labute approximate surface area is 265 Å². The zero-order chi connectivity index (χ0) is 32.2. The number of ether oxygens (including phenoxy) is 2. The van der Waals surface area contributed by atoms with E-state index >= 15 is 4.39 Å². The number of carboxylic acids is 1. The van der Waals surface area contributed by atoms with Crippen LogP contribution >= 0.6 is 23.2 Å². The van der Waals surface area contributed by atoms with Gasteiger partial charge in [-0.1, -0.05) is 29.3 Å². The molecular formula is C31H25Cl2F2N5O5. The van der Waals surface area contributed by atoms with Gasteiger partial charge in [-0.25, -0.2) is 23.5 Å². The summed E-state index contributed by atoms with van der Waals surface area (Å²) < 4.78 is 42.9. The van der Waals surface area contributed by atoms with E-state index < -0.39 is 17.6 Å². The number of carboxylic acid groups (broad SMARTS) is 1. The van der Waals surface area contributed by atoms with Gasteiger partial charge in [-0.05, 0) is 42.0 Å². The highest BCUT2D eigenvalue weighted by molar-refractivity contribution is 6.32. The number of aromatic nitrogens is 4. The van der Waals surface area contributed by atoms with E-state index in [1.54, 1.807) is 22.8 Å². The van der Waals surface area contributed by atoms with Crippen molar-refractivity contribution in [1.82, 2.24) is 24.8 Å². The predicted octanol–water partition coefficient (Wildman–Crippen LogP) is 5.95. The van der Waals surface area contributed by atoms with Gasteiger partial charge in [0.2, 0.25) is 5.88 Å². The number of pyridine rings is 2. The van der Waals surface area contributed by atoms with Gasteiger partial charge in [0.15, 0.2) is 5.82 Å². The van der Waals surface area contributed by atoms with Gasteiger partial charge >= 0.3 is 5.97 Å². The molecule has 232 valence electrons. The molecule has 3 aromatic heterocycles. The number of nitrogens with one attached hydrogen (secondary N) is 1. The highest BCUT2D eigenvalue weighted by Gasteiger charge is 2.20. The van der Waals surface area contributed by atoms with Crippen LogP contribution in [0.25, 0.3) is 22.3 Å². The summed E-state index contributed by atoms with van der Waals surface area (Å²) in [7, 11) is 2.99. The summed E-state index contributed by atoms with van der Waals surface area (Å²) in [6.07, 6.45) is 1.46. The second kappa shape index (κ2) is 13.6. The van der Waals surface area contributed by atoms with Crippen molar-refractivity contribution >= 4 is 46.1 Å². The van der Waals surface area contributed by atoms with Gasteiger partial charge in [-0.2, -0.15) is 0 Å². The van der Waals surface area contributed by atoms with E-state index in [2.05, 4.69) is 20.3 Å². The van der Waals surface area contributed by atoms with E-state index in [1.807, 2.05) is 0 Å². The normalized spacial score (nSPS) is 11.2. The van der Waals surface area contributed by atoms with E-state index in [9.17, 15) is 19.1 Å². The largest absolute Gasteiger partial charge is 0.478 e. The smallest absolute Gasteiger partial charge is 0.335 e. The molecule has 0 aliphatic carbocycles. The molecule has 0 bridgehead atoms. The molecule has 10 nitrogen and oxygen atoms in total. The Morgan fingerprint density at radius 2 is 1.80 bits per heavy atom. The van der Waals surface area contributed by atoms with Crippen LogP contribution in [0.3, 0.4) is 0 Å². The molecule has 0 saturated carbocycles. The van der Waals surface area contributed by atoms with Crippen LogP contribution in [0.5, 0.6) is 5.88 Å². The van der Waals surface area contributed by atoms with Gasteiger partial charge in [0.1, 0.15) is 29.5 Å². The minimum atomic E-state index is -1.28. The monoisotopic (exact) mass is 655 g/mol. The molecule has 3 heterocycles. The molecule has 2 aromatic carbocycles. The number of rotatable bonds is 11. The SMILES string of the molecule is CNC(=O)c1cc(Cl)c(COc2cccc(-c3cc(Cl)c(Cc4nc5c(F)cc(C(=O)O)cc5n4CCOC)cc3F)n2)cn1. The number of benzene rings is 2. The van der Waals surface area contributed by atoms with Crippen LogP contribution in [0.1, 0.15) is 37.8 Å². The molecule has 1 amide bonds. The van der Waals surface area contributed by atoms with Crippen molar-refractivity contribution in [2.75, 3.05) is 20.8 Å². The molecule has 0 aliphatic rings. The fourth-order valence-corrected chi connectivity index (χ4v) is 5.06. The van der Waals surface area contributed by atoms with Gasteiger partial charge in [0.25, 0.3) is 5.91 Å². The predicted molar refractivity (Wildman–Crippen MR) is 163 cm³/mol. The number of fused-ring (bicyclic) bond motifs is 1. The number of nitrogens with zero attached hydrogens (tertiary/aromatic N) is 4. The fraction of sp³-hybridized carbons (Fsp3) is 0.194. The molecule has 0 atom stereocenters. The first-order chi connectivity index (χ1) is 21.6. The second-order valence-electron chi connectivity index (χ2n) is 9.79. The van der Waals surface area contributed by atoms with Gasteiger partial charge in [-0.3, -0.25) is 9.78 Å². The topological polar surface area (TPSA) is 128 Å². The lowest BCUT2D eigenvalue weighted by Crippen LogP contribution is -2.19. The average Bonchev–Trinajstić information content (AvgIpc) is 3.37. The van der Waals surface area contributed by atoms with Crippen molar-refractivity contribution in [2.45, 2.75) is 19.6 Å². The maximum absolute atomic E-state index is 15.5. The number of carbonyl (C=O) groups is 2. The maximum atomic E-state index is 15.5. The Hall–Kier alpha value is -4.65. The Morgan fingerprint density at radius 3 is 2.51 bits per heavy atom. The van der Waals surface area contributed by atoms with E-state index in [1.165, 1.54) is 44.6 Å². The number of carbonyl (C=O) groups excluding carboxylic acids is 1. The molecule has 5 aromatic rings. The molecular weight excluding hydrogens is 631 g/mol. The van der Waals surface area contributed by atoms with Gasteiger partial charge in [0, 0.05) is 55.5 Å². The minimum Gasteiger partial charge on any atom is -0.478 e.